The maximum Gasteiger partial charge on any atom is 0.273 e. The van der Waals surface area contributed by atoms with Gasteiger partial charge in [0.1, 0.15) is 5.71 Å². The van der Waals surface area contributed by atoms with E-state index in [-0.39, 0.29) is 5.91 Å². The topological polar surface area (TPSA) is 73.0 Å². The average Bonchev–Trinajstić information content (AvgIpc) is 3.19. The number of fused-ring (bicyclic) bond motifs is 1. The summed E-state index contributed by atoms with van der Waals surface area (Å²) >= 11 is 0. The van der Waals surface area contributed by atoms with Crippen molar-refractivity contribution >= 4 is 28.6 Å². The van der Waals surface area contributed by atoms with Gasteiger partial charge < -0.3 is 9.97 Å². The number of nitrogens with zero attached hydrogens (tertiary/aromatic N) is 1. The highest BCUT2D eigenvalue weighted by atomic mass is 16.2. The number of amides is 1. The van der Waals surface area contributed by atoms with Crippen molar-refractivity contribution in [3.63, 3.8) is 0 Å². The van der Waals surface area contributed by atoms with Crippen molar-refractivity contribution in [3.05, 3.63) is 64.6 Å². The summed E-state index contributed by atoms with van der Waals surface area (Å²) in [6.07, 6.45) is 3.76. The van der Waals surface area contributed by atoms with Gasteiger partial charge in [-0.25, -0.2) is 5.43 Å². The fraction of sp³-hybridized carbons (Fsp3) is 0.111. The van der Waals surface area contributed by atoms with Crippen LogP contribution in [0.3, 0.4) is 0 Å². The van der Waals surface area contributed by atoms with Gasteiger partial charge in [0.15, 0.2) is 0 Å². The molecule has 3 aromatic rings. The Morgan fingerprint density at radius 3 is 2.78 bits per heavy atom. The van der Waals surface area contributed by atoms with E-state index in [2.05, 4.69) is 26.6 Å². The van der Waals surface area contributed by atoms with E-state index in [0.29, 0.717) is 11.3 Å². The van der Waals surface area contributed by atoms with E-state index >= 15 is 0 Å². The summed E-state index contributed by atoms with van der Waals surface area (Å²) in [5.41, 5.74) is 8.86. The lowest BCUT2D eigenvalue weighted by Crippen LogP contribution is -2.13. The van der Waals surface area contributed by atoms with Crippen molar-refractivity contribution in [1.82, 2.24) is 15.4 Å². The van der Waals surface area contributed by atoms with E-state index in [4.69, 9.17) is 0 Å². The zero-order valence-electron chi connectivity index (χ0n) is 12.9. The molecule has 3 heterocycles. The van der Waals surface area contributed by atoms with Gasteiger partial charge in [0, 0.05) is 34.1 Å². The van der Waals surface area contributed by atoms with E-state index in [1.807, 2.05) is 50.4 Å². The maximum absolute atomic E-state index is 12.2. The summed E-state index contributed by atoms with van der Waals surface area (Å²) in [7, 11) is 0. The van der Waals surface area contributed by atoms with Crippen LogP contribution in [0.2, 0.25) is 0 Å². The number of nitrogens with one attached hydrogen (secondary N) is 3. The molecule has 0 aliphatic carbocycles. The predicted octanol–water partition coefficient (Wildman–Crippen LogP) is 3.03. The Labute approximate surface area is 133 Å². The van der Waals surface area contributed by atoms with Crippen molar-refractivity contribution in [2.45, 2.75) is 13.8 Å². The van der Waals surface area contributed by atoms with Crippen LogP contribution in [-0.4, -0.2) is 21.6 Å². The fourth-order valence-electron chi connectivity index (χ4n) is 2.99. The molecular formula is C18H16N4O. The van der Waals surface area contributed by atoms with E-state index in [0.717, 1.165) is 33.4 Å². The van der Waals surface area contributed by atoms with Crippen LogP contribution in [0, 0.1) is 13.8 Å². The summed E-state index contributed by atoms with van der Waals surface area (Å²) in [5.74, 6) is -0.183. The molecule has 0 bridgehead atoms. The van der Waals surface area contributed by atoms with Crippen molar-refractivity contribution in [2.75, 3.05) is 0 Å². The molecule has 0 saturated heterocycles. The van der Waals surface area contributed by atoms with Crippen molar-refractivity contribution in [2.24, 2.45) is 5.10 Å². The second-order valence-electron chi connectivity index (χ2n) is 5.76. The van der Waals surface area contributed by atoms with Crippen molar-refractivity contribution in [1.29, 1.82) is 0 Å². The average molecular weight is 304 g/mol. The first kappa shape index (κ1) is 13.6. The van der Waals surface area contributed by atoms with Gasteiger partial charge in [-0.15, -0.1) is 0 Å². The molecule has 5 heteroatoms. The van der Waals surface area contributed by atoms with Crippen molar-refractivity contribution < 1.29 is 4.79 Å². The molecule has 0 fully saturated rings. The molecule has 1 aliphatic heterocycles. The Morgan fingerprint density at radius 2 is 2.00 bits per heavy atom. The molecule has 3 N–H and O–H groups in total. The third-order valence-electron chi connectivity index (χ3n) is 4.09. The molecule has 0 unspecified atom stereocenters. The summed E-state index contributed by atoms with van der Waals surface area (Å²) in [6, 6.07) is 10.0. The number of aromatic amines is 2. The Morgan fingerprint density at radius 1 is 1.17 bits per heavy atom. The van der Waals surface area contributed by atoms with Crippen LogP contribution in [0.15, 0.2) is 47.2 Å². The Bertz CT molecular complexity index is 988. The van der Waals surface area contributed by atoms with E-state index in [1.165, 1.54) is 0 Å². The number of hydrazone groups is 1. The number of carbonyl (C=O) groups is 1. The lowest BCUT2D eigenvalue weighted by atomic mass is 10.0. The standard InChI is InChI=1S/C18H16N4O/c1-10-7-11(2)20-16(10)8-13-17(21-22-18(13)23)14-9-19-15-6-4-3-5-12(14)15/h3-9,19-20H,1-2H3,(H,22,23). The van der Waals surface area contributed by atoms with Gasteiger partial charge in [-0.1, -0.05) is 18.2 Å². The number of hydrogen-bond acceptors (Lipinski definition) is 2. The predicted molar refractivity (Wildman–Crippen MR) is 91.2 cm³/mol. The summed E-state index contributed by atoms with van der Waals surface area (Å²) in [5, 5.41) is 5.29. The molecular weight excluding hydrogens is 288 g/mol. The highest BCUT2D eigenvalue weighted by molar-refractivity contribution is 6.35. The highest BCUT2D eigenvalue weighted by Gasteiger charge is 2.26. The van der Waals surface area contributed by atoms with Gasteiger partial charge in [0.25, 0.3) is 5.91 Å². The summed E-state index contributed by atoms with van der Waals surface area (Å²) in [4.78, 5) is 18.7. The Balaban J connectivity index is 1.85. The number of hydrogen-bond donors (Lipinski definition) is 3. The minimum Gasteiger partial charge on any atom is -0.360 e. The third kappa shape index (κ3) is 2.17. The quantitative estimate of drug-likeness (QED) is 0.626. The van der Waals surface area contributed by atoms with E-state index in [1.54, 1.807) is 0 Å². The summed E-state index contributed by atoms with van der Waals surface area (Å²) in [6.45, 7) is 4.02. The minimum absolute atomic E-state index is 0.183. The third-order valence-corrected chi connectivity index (χ3v) is 4.09. The molecule has 1 aromatic carbocycles. The second-order valence-corrected chi connectivity index (χ2v) is 5.76. The van der Waals surface area contributed by atoms with Gasteiger partial charge in [0.2, 0.25) is 0 Å². The molecule has 4 rings (SSSR count). The lowest BCUT2D eigenvalue weighted by Gasteiger charge is -2.01. The number of benzene rings is 1. The first-order valence-electron chi connectivity index (χ1n) is 7.46. The van der Waals surface area contributed by atoms with Crippen LogP contribution >= 0.6 is 0 Å². The summed E-state index contributed by atoms with van der Waals surface area (Å²) < 4.78 is 0. The zero-order valence-corrected chi connectivity index (χ0v) is 12.9. The van der Waals surface area contributed by atoms with Gasteiger partial charge in [0.05, 0.1) is 5.57 Å². The van der Waals surface area contributed by atoms with Crippen LogP contribution in [0.4, 0.5) is 0 Å². The molecule has 5 nitrogen and oxygen atoms in total. The molecule has 0 atom stereocenters. The normalized spacial score (nSPS) is 16.2. The monoisotopic (exact) mass is 304 g/mol. The fourth-order valence-corrected chi connectivity index (χ4v) is 2.99. The molecule has 0 radical (unpaired) electrons. The van der Waals surface area contributed by atoms with Gasteiger partial charge in [-0.2, -0.15) is 5.10 Å². The number of carbonyl (C=O) groups excluding carboxylic acids is 1. The van der Waals surface area contributed by atoms with Crippen LogP contribution in [-0.2, 0) is 4.79 Å². The van der Waals surface area contributed by atoms with Gasteiger partial charge in [-0.05, 0) is 37.6 Å². The zero-order chi connectivity index (χ0) is 16.0. The largest absolute Gasteiger partial charge is 0.360 e. The SMILES string of the molecule is Cc1cc(C)c(C=C2C(=O)NN=C2c2c[nH]c3ccccc23)[nH]1. The Hall–Kier alpha value is -3.08. The first-order valence-corrected chi connectivity index (χ1v) is 7.46. The molecule has 1 amide bonds. The van der Waals surface area contributed by atoms with Gasteiger partial charge >= 0.3 is 0 Å². The lowest BCUT2D eigenvalue weighted by molar-refractivity contribution is -0.116. The molecule has 2 aromatic heterocycles. The van der Waals surface area contributed by atoms with Crippen LogP contribution < -0.4 is 5.43 Å². The number of H-pyrrole nitrogens is 2. The number of para-hydroxylation sites is 1. The number of aromatic nitrogens is 2. The molecule has 0 spiro atoms. The van der Waals surface area contributed by atoms with Crippen molar-refractivity contribution in [3.8, 4) is 0 Å². The molecule has 1 aliphatic rings. The highest BCUT2D eigenvalue weighted by Crippen LogP contribution is 2.25. The minimum atomic E-state index is -0.183. The molecule has 114 valence electrons. The van der Waals surface area contributed by atoms with Crippen LogP contribution in [0.5, 0.6) is 0 Å². The molecule has 0 saturated carbocycles. The maximum atomic E-state index is 12.2. The number of rotatable bonds is 2. The first-order chi connectivity index (χ1) is 11.1. The number of aryl methyl sites for hydroxylation is 2. The molecule has 23 heavy (non-hydrogen) atoms. The smallest absolute Gasteiger partial charge is 0.273 e. The second kappa shape index (κ2) is 4.98. The van der Waals surface area contributed by atoms with Crippen LogP contribution in [0.25, 0.3) is 17.0 Å². The van der Waals surface area contributed by atoms with E-state index < -0.39 is 0 Å². The van der Waals surface area contributed by atoms with E-state index in [9.17, 15) is 4.79 Å². The Kier molecular flexibility index (Phi) is 2.94. The van der Waals surface area contributed by atoms with Crippen LogP contribution in [0.1, 0.15) is 22.5 Å². The van der Waals surface area contributed by atoms with Gasteiger partial charge in [-0.3, -0.25) is 4.79 Å².